The van der Waals surface area contributed by atoms with E-state index in [2.05, 4.69) is 74.2 Å². The number of aromatic nitrogens is 1. The second kappa shape index (κ2) is 20.7. The number of para-hydroxylation sites is 1. The first-order valence-electron chi connectivity index (χ1n) is 16.1. The normalized spacial score (nSPS) is 14.1. The van der Waals surface area contributed by atoms with Crippen LogP contribution in [0.25, 0.3) is 10.9 Å². The molecule has 2 atom stereocenters. The fourth-order valence-corrected chi connectivity index (χ4v) is 6.19. The topological polar surface area (TPSA) is 58.5 Å². The van der Waals surface area contributed by atoms with Crippen molar-refractivity contribution in [2.24, 2.45) is 7.05 Å². The van der Waals surface area contributed by atoms with Gasteiger partial charge in [0.25, 0.3) is 5.91 Å². The summed E-state index contributed by atoms with van der Waals surface area (Å²) in [7, 11) is 5.36. The van der Waals surface area contributed by atoms with Crippen molar-refractivity contribution in [1.29, 1.82) is 0 Å². The van der Waals surface area contributed by atoms with E-state index in [1.54, 1.807) is 18.5 Å². The van der Waals surface area contributed by atoms with Crippen molar-refractivity contribution in [3.05, 3.63) is 53.2 Å². The van der Waals surface area contributed by atoms with E-state index in [9.17, 15) is 4.79 Å². The van der Waals surface area contributed by atoms with Crippen LogP contribution in [-0.4, -0.2) is 55.5 Å². The Hall–Kier alpha value is -2.21. The molecule has 6 nitrogen and oxygen atoms in total. The summed E-state index contributed by atoms with van der Waals surface area (Å²) in [6.45, 7) is 19.3. The van der Waals surface area contributed by atoms with Gasteiger partial charge in [0, 0.05) is 19.7 Å². The third kappa shape index (κ3) is 11.0. The van der Waals surface area contributed by atoms with E-state index in [-0.39, 0.29) is 5.91 Å². The summed E-state index contributed by atoms with van der Waals surface area (Å²) in [5.41, 5.74) is 5.78. The number of carbonyl (C=O) groups is 1. The number of anilines is 2. The number of benzene rings is 2. The monoisotopic (exact) mass is 630 g/mol. The van der Waals surface area contributed by atoms with Gasteiger partial charge < -0.3 is 24.6 Å². The van der Waals surface area contributed by atoms with Crippen LogP contribution in [0.2, 0.25) is 0 Å². The van der Waals surface area contributed by atoms with Crippen LogP contribution in [0.3, 0.4) is 0 Å². The van der Waals surface area contributed by atoms with Crippen LogP contribution in [0, 0.1) is 0 Å². The molecule has 8 heteroatoms. The predicted octanol–water partition coefficient (Wildman–Crippen LogP) is 10.4. The highest BCUT2D eigenvalue weighted by Gasteiger charge is 2.20. The van der Waals surface area contributed by atoms with E-state index in [4.69, 9.17) is 4.74 Å². The molecule has 2 N–H and O–H groups in total. The van der Waals surface area contributed by atoms with Gasteiger partial charge in [-0.15, -0.1) is 11.4 Å². The van der Waals surface area contributed by atoms with Gasteiger partial charge in [0.1, 0.15) is 5.69 Å². The second-order valence-electron chi connectivity index (χ2n) is 10.4. The highest BCUT2D eigenvalue weighted by Crippen LogP contribution is 2.48. The van der Waals surface area contributed by atoms with Gasteiger partial charge in [-0.1, -0.05) is 73.1 Å². The zero-order valence-corrected chi connectivity index (χ0v) is 30.8. The first kappa shape index (κ1) is 38.8. The van der Waals surface area contributed by atoms with Crippen molar-refractivity contribution in [2.75, 3.05) is 50.6 Å². The van der Waals surface area contributed by atoms with E-state index >= 15 is 0 Å². The van der Waals surface area contributed by atoms with Crippen molar-refractivity contribution in [1.82, 2.24) is 9.47 Å². The molecule has 3 aromatic rings. The van der Waals surface area contributed by atoms with Gasteiger partial charge in [-0.3, -0.25) is 4.79 Å². The quantitative estimate of drug-likeness (QED) is 0.230. The van der Waals surface area contributed by atoms with Crippen molar-refractivity contribution >= 4 is 46.8 Å². The summed E-state index contributed by atoms with van der Waals surface area (Å²) in [6.07, 6.45) is 8.31. The number of hydrogen-bond acceptors (Lipinski definition) is 5. The largest absolute Gasteiger partial charge is 0.492 e. The van der Waals surface area contributed by atoms with Crippen LogP contribution < -0.4 is 15.1 Å². The molecule has 43 heavy (non-hydrogen) atoms. The molecule has 0 radical (unpaired) electrons. The number of hydrogen-bond donors (Lipinski definition) is 2. The summed E-state index contributed by atoms with van der Waals surface area (Å²) in [6, 6.07) is 12.4. The number of nitrogens with one attached hydrogen (secondary N) is 2. The molecule has 242 valence electrons. The maximum absolute atomic E-state index is 13.4. The predicted molar refractivity (Wildman–Crippen MR) is 196 cm³/mol. The smallest absolute Gasteiger partial charge is 0.272 e. The van der Waals surface area contributed by atoms with Gasteiger partial charge in [0.05, 0.1) is 24.0 Å². The molecule has 0 bridgehead atoms. The summed E-state index contributed by atoms with van der Waals surface area (Å²) < 4.78 is 7.76. The average Bonchev–Trinajstić information content (AvgIpc) is 3.39. The van der Waals surface area contributed by atoms with Crippen LogP contribution in [0.5, 0.6) is 5.75 Å². The van der Waals surface area contributed by atoms with Crippen molar-refractivity contribution in [3.8, 4) is 5.75 Å². The highest BCUT2D eigenvalue weighted by atomic mass is 32.7. The maximum atomic E-state index is 13.4. The summed E-state index contributed by atoms with van der Waals surface area (Å²) >= 11 is 1.79. The molecule has 1 aliphatic rings. The summed E-state index contributed by atoms with van der Waals surface area (Å²) in [4.78, 5) is 15.8. The number of likely N-dealkylation sites (tertiary alicyclic amines) is 1. The van der Waals surface area contributed by atoms with E-state index in [0.29, 0.717) is 23.0 Å². The van der Waals surface area contributed by atoms with Crippen molar-refractivity contribution in [3.63, 3.8) is 0 Å². The van der Waals surface area contributed by atoms with Crippen molar-refractivity contribution < 1.29 is 9.53 Å². The molecule has 1 aromatic heterocycles. The molecule has 1 saturated heterocycles. The van der Waals surface area contributed by atoms with Gasteiger partial charge in [-0.2, -0.15) is 0 Å². The third-order valence-electron chi connectivity index (χ3n) is 7.63. The third-order valence-corrected chi connectivity index (χ3v) is 10.7. The van der Waals surface area contributed by atoms with Crippen LogP contribution in [0.1, 0.15) is 102 Å². The number of carbonyl (C=O) groups excluding carboxylic acids is 1. The van der Waals surface area contributed by atoms with Crippen LogP contribution >= 0.6 is 18.7 Å². The summed E-state index contributed by atoms with van der Waals surface area (Å²) in [5.74, 6) is 0.904. The molecule has 0 aliphatic carbocycles. The zero-order chi connectivity index (χ0) is 32.5. The highest BCUT2D eigenvalue weighted by molar-refractivity contribution is 8.55. The molecule has 0 saturated carbocycles. The number of nitrogens with zero attached hydrogens (tertiary/aromatic N) is 2. The lowest BCUT2D eigenvalue weighted by molar-refractivity contribution is 0.101. The minimum absolute atomic E-state index is 0.139. The Morgan fingerprint density at radius 1 is 1.02 bits per heavy atom. The fourth-order valence-electron chi connectivity index (χ4n) is 5.03. The lowest BCUT2D eigenvalue weighted by atomic mass is 9.97. The Labute approximate surface area is 268 Å². The molecule has 1 amide bonds. The lowest BCUT2D eigenvalue weighted by Gasteiger charge is -2.21. The number of aryl methyl sites for hydroxylation is 2. The SMILES string of the molecule is CC.CC.CCc1cccc2cc(C(=O)Nc3cc(C(C)CC)cc(NP(C)SC)c3OC)n(C)c12.CN1CCCCC1. The second-order valence-corrected chi connectivity index (χ2v) is 14.7. The molecule has 2 unspecified atom stereocenters. The van der Waals surface area contributed by atoms with E-state index in [1.807, 2.05) is 57.5 Å². The molecule has 0 spiro atoms. The van der Waals surface area contributed by atoms with Crippen LogP contribution in [0.4, 0.5) is 11.4 Å². The Morgan fingerprint density at radius 3 is 2.16 bits per heavy atom. The number of methoxy groups -OCH3 is 1. The van der Waals surface area contributed by atoms with E-state index in [0.717, 1.165) is 29.4 Å². The van der Waals surface area contributed by atoms with Crippen LogP contribution in [0.15, 0.2) is 36.4 Å². The maximum Gasteiger partial charge on any atom is 0.272 e. The molecule has 1 fully saturated rings. The Morgan fingerprint density at radius 2 is 1.65 bits per heavy atom. The number of rotatable bonds is 9. The number of piperidine rings is 1. The molecule has 2 aromatic carbocycles. The van der Waals surface area contributed by atoms with Gasteiger partial charge in [0.2, 0.25) is 0 Å². The zero-order valence-electron chi connectivity index (χ0n) is 29.1. The number of fused-ring (bicyclic) bond motifs is 1. The molecular formula is C35H59N4O2PS. The molecule has 4 rings (SSSR count). The standard InChI is InChI=1S/C25H34N3O2PS.C6H13N.2C2H6/c1-8-16(3)19-13-20(24(30-5)21(14-19)27-31(6)32-7)26-25(29)22-15-18-12-10-11-17(9-2)23(18)28(22)4;1-7-5-3-2-4-6-7;2*1-2/h10-16,27H,8-9H2,1-7H3,(H,26,29);2-6H2,1H3;2*1-2H3. The Kier molecular flexibility index (Phi) is 18.7. The summed E-state index contributed by atoms with van der Waals surface area (Å²) in [5, 5.41) is 7.80. The van der Waals surface area contributed by atoms with E-state index in [1.165, 1.54) is 43.5 Å². The molecule has 2 heterocycles. The minimum atomic E-state index is -0.444. The number of ether oxygens (including phenoxy) is 1. The van der Waals surface area contributed by atoms with Gasteiger partial charge in [-0.05, 0) is 94.0 Å². The van der Waals surface area contributed by atoms with Crippen molar-refractivity contribution in [2.45, 2.75) is 86.5 Å². The van der Waals surface area contributed by atoms with Crippen LogP contribution in [-0.2, 0) is 13.5 Å². The molecule has 1 aliphatic heterocycles. The minimum Gasteiger partial charge on any atom is -0.492 e. The Bertz CT molecular complexity index is 1240. The molecular weight excluding hydrogens is 571 g/mol. The lowest BCUT2D eigenvalue weighted by Crippen LogP contribution is -2.24. The Balaban J connectivity index is 0.000000717. The van der Waals surface area contributed by atoms with Gasteiger partial charge in [-0.25, -0.2) is 0 Å². The number of amides is 1. The first-order chi connectivity index (χ1) is 20.7. The first-order valence-corrected chi connectivity index (χ1v) is 19.7. The fraction of sp³-hybridized carbons (Fsp3) is 0.571. The average molecular weight is 631 g/mol. The van der Waals surface area contributed by atoms with E-state index < -0.39 is 7.27 Å². The van der Waals surface area contributed by atoms with Gasteiger partial charge >= 0.3 is 0 Å². The van der Waals surface area contributed by atoms with Gasteiger partial charge in [0.15, 0.2) is 5.75 Å².